The normalized spacial score (nSPS) is 14.8. The van der Waals surface area contributed by atoms with E-state index in [0.29, 0.717) is 12.2 Å². The fourth-order valence-corrected chi connectivity index (χ4v) is 4.63. The standard InChI is InChI=1S/C29H33F3N4O/c1-34(2)26-14-8-23(9-15-26)21-36(28(37)33-25-12-10-24(11-13-25)29(30,31)32)27-16-18-35(19-17-27)20-22-6-4-3-5-7-22/h3-15,27H,16-21H2,1-2H3,(H,33,37). The predicted octanol–water partition coefficient (Wildman–Crippen LogP) is 6.47. The van der Waals surface area contributed by atoms with E-state index in [1.807, 2.05) is 66.4 Å². The number of hydrogen-bond donors (Lipinski definition) is 1. The first kappa shape index (κ1) is 26.5. The van der Waals surface area contributed by atoms with Gasteiger partial charge in [-0.1, -0.05) is 42.5 Å². The monoisotopic (exact) mass is 510 g/mol. The molecule has 1 heterocycles. The summed E-state index contributed by atoms with van der Waals surface area (Å²) in [5, 5.41) is 2.82. The number of rotatable bonds is 7. The lowest BCUT2D eigenvalue weighted by Gasteiger charge is -2.38. The van der Waals surface area contributed by atoms with Crippen molar-refractivity contribution in [2.45, 2.75) is 38.1 Å². The van der Waals surface area contributed by atoms with Crippen molar-refractivity contribution < 1.29 is 18.0 Å². The summed E-state index contributed by atoms with van der Waals surface area (Å²) in [4.78, 5) is 19.6. The Morgan fingerprint density at radius 3 is 2.08 bits per heavy atom. The Hall–Kier alpha value is -3.52. The van der Waals surface area contributed by atoms with Gasteiger partial charge in [-0.15, -0.1) is 0 Å². The van der Waals surface area contributed by atoms with Crippen LogP contribution in [-0.4, -0.2) is 49.1 Å². The third-order valence-corrected chi connectivity index (χ3v) is 6.78. The van der Waals surface area contributed by atoms with E-state index >= 15 is 0 Å². The highest BCUT2D eigenvalue weighted by Crippen LogP contribution is 2.30. The van der Waals surface area contributed by atoms with Crippen LogP contribution in [0, 0.1) is 0 Å². The molecule has 2 amide bonds. The predicted molar refractivity (Wildman–Crippen MR) is 142 cm³/mol. The molecule has 0 atom stereocenters. The first-order valence-electron chi connectivity index (χ1n) is 12.5. The number of anilines is 2. The van der Waals surface area contributed by atoms with Gasteiger partial charge < -0.3 is 15.1 Å². The molecule has 5 nitrogen and oxygen atoms in total. The van der Waals surface area contributed by atoms with Crippen molar-refractivity contribution in [3.63, 3.8) is 0 Å². The van der Waals surface area contributed by atoms with E-state index in [2.05, 4.69) is 22.3 Å². The third-order valence-electron chi connectivity index (χ3n) is 6.78. The first-order valence-corrected chi connectivity index (χ1v) is 12.5. The summed E-state index contributed by atoms with van der Waals surface area (Å²) in [7, 11) is 3.95. The molecule has 1 saturated heterocycles. The highest BCUT2D eigenvalue weighted by atomic mass is 19.4. The largest absolute Gasteiger partial charge is 0.416 e. The Morgan fingerprint density at radius 1 is 0.892 bits per heavy atom. The Labute approximate surface area is 216 Å². The average Bonchev–Trinajstić information content (AvgIpc) is 2.88. The number of likely N-dealkylation sites (tertiary alicyclic amines) is 1. The second-order valence-corrected chi connectivity index (χ2v) is 9.69. The van der Waals surface area contributed by atoms with E-state index in [9.17, 15) is 18.0 Å². The summed E-state index contributed by atoms with van der Waals surface area (Å²) in [5.74, 6) is 0. The molecule has 1 aliphatic rings. The molecule has 0 spiro atoms. The molecule has 37 heavy (non-hydrogen) atoms. The number of hydrogen-bond acceptors (Lipinski definition) is 3. The number of benzene rings is 3. The minimum atomic E-state index is -4.42. The second-order valence-electron chi connectivity index (χ2n) is 9.69. The van der Waals surface area contributed by atoms with Gasteiger partial charge in [0.05, 0.1) is 5.56 Å². The van der Waals surface area contributed by atoms with E-state index in [4.69, 9.17) is 0 Å². The van der Waals surface area contributed by atoms with Crippen LogP contribution in [0.1, 0.15) is 29.5 Å². The van der Waals surface area contributed by atoms with Gasteiger partial charge in [0, 0.05) is 57.7 Å². The Bertz CT molecular complexity index is 1140. The van der Waals surface area contributed by atoms with Crippen LogP contribution < -0.4 is 10.2 Å². The van der Waals surface area contributed by atoms with Crippen molar-refractivity contribution in [3.8, 4) is 0 Å². The lowest BCUT2D eigenvalue weighted by molar-refractivity contribution is -0.137. The summed E-state index contributed by atoms with van der Waals surface area (Å²) in [6.45, 7) is 3.02. The molecule has 8 heteroatoms. The maximum atomic E-state index is 13.4. The van der Waals surface area contributed by atoms with Crippen LogP contribution in [0.4, 0.5) is 29.3 Å². The number of nitrogens with zero attached hydrogens (tertiary/aromatic N) is 3. The minimum absolute atomic E-state index is 0.0231. The third kappa shape index (κ3) is 7.26. The molecule has 3 aromatic rings. The highest BCUT2D eigenvalue weighted by molar-refractivity contribution is 5.89. The van der Waals surface area contributed by atoms with Crippen LogP contribution in [0.15, 0.2) is 78.9 Å². The summed E-state index contributed by atoms with van der Waals surface area (Å²) in [6, 6.07) is 22.7. The SMILES string of the molecule is CN(C)c1ccc(CN(C(=O)Nc2ccc(C(F)(F)F)cc2)C2CCN(Cc3ccccc3)CC2)cc1. The molecule has 0 aliphatic carbocycles. The molecular formula is C29H33F3N4O. The second kappa shape index (κ2) is 11.7. The van der Waals surface area contributed by atoms with E-state index in [1.54, 1.807) is 0 Å². The van der Waals surface area contributed by atoms with Crippen molar-refractivity contribution in [2.24, 2.45) is 0 Å². The van der Waals surface area contributed by atoms with Gasteiger partial charge in [0.15, 0.2) is 0 Å². The van der Waals surface area contributed by atoms with E-state index in [-0.39, 0.29) is 12.1 Å². The van der Waals surface area contributed by atoms with Crippen LogP contribution in [0.25, 0.3) is 0 Å². The molecule has 1 aliphatic heterocycles. The molecule has 196 valence electrons. The molecule has 1 N–H and O–H groups in total. The molecule has 3 aromatic carbocycles. The van der Waals surface area contributed by atoms with E-state index < -0.39 is 11.7 Å². The lowest BCUT2D eigenvalue weighted by atomic mass is 10.0. The Morgan fingerprint density at radius 2 is 1.51 bits per heavy atom. The van der Waals surface area contributed by atoms with Crippen LogP contribution in [0.5, 0.6) is 0 Å². The van der Waals surface area contributed by atoms with Crippen LogP contribution >= 0.6 is 0 Å². The number of halogens is 3. The zero-order chi connectivity index (χ0) is 26.4. The summed E-state index contributed by atoms with van der Waals surface area (Å²) >= 11 is 0. The van der Waals surface area contributed by atoms with Crippen LogP contribution in [0.3, 0.4) is 0 Å². The number of carbonyl (C=O) groups is 1. The van der Waals surface area contributed by atoms with Gasteiger partial charge in [0.1, 0.15) is 0 Å². The Balaban J connectivity index is 1.46. The van der Waals surface area contributed by atoms with Gasteiger partial charge in [0.25, 0.3) is 0 Å². The van der Waals surface area contributed by atoms with Gasteiger partial charge in [-0.05, 0) is 60.4 Å². The van der Waals surface area contributed by atoms with Crippen molar-refractivity contribution in [1.29, 1.82) is 0 Å². The van der Waals surface area contributed by atoms with Crippen molar-refractivity contribution >= 4 is 17.4 Å². The minimum Gasteiger partial charge on any atom is -0.378 e. The van der Waals surface area contributed by atoms with Crippen LogP contribution in [-0.2, 0) is 19.3 Å². The van der Waals surface area contributed by atoms with E-state index in [1.165, 1.54) is 17.7 Å². The average molecular weight is 511 g/mol. The maximum Gasteiger partial charge on any atom is 0.416 e. The summed E-state index contributed by atoms with van der Waals surface area (Å²) in [5.41, 5.74) is 2.93. The molecule has 0 radical (unpaired) electrons. The fraction of sp³-hybridized carbons (Fsp3) is 0.345. The number of alkyl halides is 3. The summed E-state index contributed by atoms with van der Waals surface area (Å²) < 4.78 is 38.8. The number of urea groups is 1. The molecule has 0 saturated carbocycles. The lowest BCUT2D eigenvalue weighted by Crippen LogP contribution is -2.48. The summed E-state index contributed by atoms with van der Waals surface area (Å²) in [6.07, 6.45) is -2.77. The number of carbonyl (C=O) groups excluding carboxylic acids is 1. The van der Waals surface area contributed by atoms with Gasteiger partial charge in [0.2, 0.25) is 0 Å². The van der Waals surface area contributed by atoms with Gasteiger partial charge >= 0.3 is 12.2 Å². The van der Waals surface area contributed by atoms with Crippen molar-refractivity contribution in [2.75, 3.05) is 37.4 Å². The van der Waals surface area contributed by atoms with Gasteiger partial charge in [-0.25, -0.2) is 4.79 Å². The molecule has 0 unspecified atom stereocenters. The Kier molecular flexibility index (Phi) is 8.38. The number of nitrogens with one attached hydrogen (secondary N) is 1. The van der Waals surface area contributed by atoms with Gasteiger partial charge in [-0.3, -0.25) is 4.90 Å². The highest BCUT2D eigenvalue weighted by Gasteiger charge is 2.31. The van der Waals surface area contributed by atoms with E-state index in [0.717, 1.165) is 55.9 Å². The van der Waals surface area contributed by atoms with Crippen molar-refractivity contribution in [1.82, 2.24) is 9.80 Å². The fourth-order valence-electron chi connectivity index (χ4n) is 4.63. The zero-order valence-electron chi connectivity index (χ0n) is 21.2. The molecule has 1 fully saturated rings. The number of piperidine rings is 1. The maximum absolute atomic E-state index is 13.4. The van der Waals surface area contributed by atoms with Crippen LogP contribution in [0.2, 0.25) is 0 Å². The van der Waals surface area contributed by atoms with Crippen molar-refractivity contribution in [3.05, 3.63) is 95.6 Å². The van der Waals surface area contributed by atoms with Gasteiger partial charge in [-0.2, -0.15) is 13.2 Å². The molecule has 4 rings (SSSR count). The zero-order valence-corrected chi connectivity index (χ0v) is 21.2. The molecular weight excluding hydrogens is 477 g/mol. The molecule has 0 bridgehead atoms. The number of amides is 2. The molecule has 0 aromatic heterocycles. The first-order chi connectivity index (χ1) is 17.7. The smallest absolute Gasteiger partial charge is 0.378 e. The quantitative estimate of drug-likeness (QED) is 0.396. The topological polar surface area (TPSA) is 38.8 Å².